The molecule has 1 fully saturated rings. The number of hydrogen-bond acceptors (Lipinski definition) is 4. The number of aliphatic hydroxyl groups excluding tert-OH is 1. The number of piperidine rings is 1. The van der Waals surface area contributed by atoms with Crippen LogP contribution in [-0.4, -0.2) is 58.3 Å². The SMILES string of the molecule is CNC1CCN(C(=O)CCc2nccn2CCO)CC1. The second kappa shape index (κ2) is 7.40. The van der Waals surface area contributed by atoms with Crippen LogP contribution in [0.15, 0.2) is 12.4 Å². The van der Waals surface area contributed by atoms with Crippen LogP contribution in [0, 0.1) is 0 Å². The fourth-order valence-electron chi connectivity index (χ4n) is 2.67. The fourth-order valence-corrected chi connectivity index (χ4v) is 2.67. The Kier molecular flexibility index (Phi) is 5.55. The Balaban J connectivity index is 1.79. The Morgan fingerprint density at radius 3 is 2.90 bits per heavy atom. The second-order valence-corrected chi connectivity index (χ2v) is 5.20. The number of aliphatic hydroxyl groups is 1. The summed E-state index contributed by atoms with van der Waals surface area (Å²) in [4.78, 5) is 18.4. The van der Waals surface area contributed by atoms with Gasteiger partial charge in [0.25, 0.3) is 0 Å². The largest absolute Gasteiger partial charge is 0.395 e. The molecule has 6 heteroatoms. The van der Waals surface area contributed by atoms with Crippen molar-refractivity contribution in [1.82, 2.24) is 19.8 Å². The highest BCUT2D eigenvalue weighted by molar-refractivity contribution is 5.76. The number of nitrogens with zero attached hydrogens (tertiary/aromatic N) is 3. The lowest BCUT2D eigenvalue weighted by Crippen LogP contribution is -2.44. The van der Waals surface area contributed by atoms with Gasteiger partial charge >= 0.3 is 0 Å². The maximum atomic E-state index is 12.2. The number of amides is 1. The standard InChI is InChI=1S/C14H24N4O2/c1-15-12-4-7-18(8-5-12)14(20)3-2-13-16-6-9-17(13)10-11-19/h6,9,12,15,19H,2-5,7-8,10-11H2,1H3. The molecule has 1 aromatic heterocycles. The Morgan fingerprint density at radius 2 is 2.25 bits per heavy atom. The van der Waals surface area contributed by atoms with Crippen molar-refractivity contribution in [2.24, 2.45) is 0 Å². The lowest BCUT2D eigenvalue weighted by atomic mass is 10.0. The van der Waals surface area contributed by atoms with Crippen LogP contribution in [0.25, 0.3) is 0 Å². The van der Waals surface area contributed by atoms with E-state index < -0.39 is 0 Å². The van der Waals surface area contributed by atoms with Crippen molar-refractivity contribution in [3.8, 4) is 0 Å². The molecule has 0 spiro atoms. The molecule has 0 aromatic carbocycles. The number of likely N-dealkylation sites (tertiary alicyclic amines) is 1. The summed E-state index contributed by atoms with van der Waals surface area (Å²) in [5.41, 5.74) is 0. The summed E-state index contributed by atoms with van der Waals surface area (Å²) in [5.74, 6) is 1.08. The van der Waals surface area contributed by atoms with E-state index in [0.717, 1.165) is 31.8 Å². The molecular weight excluding hydrogens is 256 g/mol. The molecule has 2 rings (SSSR count). The minimum Gasteiger partial charge on any atom is -0.395 e. The van der Waals surface area contributed by atoms with Crippen molar-refractivity contribution in [1.29, 1.82) is 0 Å². The zero-order valence-corrected chi connectivity index (χ0v) is 12.1. The highest BCUT2D eigenvalue weighted by atomic mass is 16.3. The molecule has 112 valence electrons. The van der Waals surface area contributed by atoms with Gasteiger partial charge in [-0.3, -0.25) is 4.79 Å². The van der Waals surface area contributed by atoms with Gasteiger partial charge < -0.3 is 19.9 Å². The van der Waals surface area contributed by atoms with Crippen LogP contribution >= 0.6 is 0 Å². The number of aryl methyl sites for hydroxylation is 1. The van der Waals surface area contributed by atoms with E-state index in [-0.39, 0.29) is 12.5 Å². The van der Waals surface area contributed by atoms with E-state index in [1.54, 1.807) is 6.20 Å². The van der Waals surface area contributed by atoms with E-state index in [4.69, 9.17) is 5.11 Å². The maximum Gasteiger partial charge on any atom is 0.223 e. The summed E-state index contributed by atoms with van der Waals surface area (Å²) >= 11 is 0. The molecule has 0 aliphatic carbocycles. The van der Waals surface area contributed by atoms with Gasteiger partial charge in [0.15, 0.2) is 0 Å². The number of hydrogen-bond donors (Lipinski definition) is 2. The van der Waals surface area contributed by atoms with E-state index in [1.807, 2.05) is 22.7 Å². The lowest BCUT2D eigenvalue weighted by molar-refractivity contribution is -0.132. The maximum absolute atomic E-state index is 12.2. The zero-order valence-electron chi connectivity index (χ0n) is 12.1. The molecular formula is C14H24N4O2. The molecule has 1 aliphatic heterocycles. The van der Waals surface area contributed by atoms with Crippen LogP contribution in [0.2, 0.25) is 0 Å². The predicted octanol–water partition coefficient (Wildman–Crippen LogP) is 0.0184. The number of carbonyl (C=O) groups excluding carboxylic acids is 1. The minimum absolute atomic E-state index is 0.0921. The highest BCUT2D eigenvalue weighted by Crippen LogP contribution is 2.12. The van der Waals surface area contributed by atoms with Crippen molar-refractivity contribution in [2.45, 2.75) is 38.3 Å². The first-order valence-electron chi connectivity index (χ1n) is 7.30. The molecule has 0 unspecified atom stereocenters. The zero-order chi connectivity index (χ0) is 14.4. The first-order valence-corrected chi connectivity index (χ1v) is 7.30. The summed E-state index contributed by atoms with van der Waals surface area (Å²) < 4.78 is 1.90. The Hall–Kier alpha value is -1.40. The smallest absolute Gasteiger partial charge is 0.223 e. The molecule has 0 radical (unpaired) electrons. The molecule has 0 bridgehead atoms. The Bertz CT molecular complexity index is 425. The Morgan fingerprint density at radius 1 is 1.50 bits per heavy atom. The molecule has 2 heterocycles. The van der Waals surface area contributed by atoms with Crippen LogP contribution in [0.4, 0.5) is 0 Å². The molecule has 1 saturated heterocycles. The second-order valence-electron chi connectivity index (χ2n) is 5.20. The van der Waals surface area contributed by atoms with E-state index in [1.165, 1.54) is 0 Å². The quantitative estimate of drug-likeness (QED) is 0.770. The van der Waals surface area contributed by atoms with Gasteiger partial charge in [0.2, 0.25) is 5.91 Å². The summed E-state index contributed by atoms with van der Waals surface area (Å²) in [6.07, 6.45) is 6.75. The highest BCUT2D eigenvalue weighted by Gasteiger charge is 2.21. The van der Waals surface area contributed by atoms with Gasteiger partial charge in [-0.15, -0.1) is 0 Å². The van der Waals surface area contributed by atoms with Crippen molar-refractivity contribution in [3.63, 3.8) is 0 Å². The van der Waals surface area contributed by atoms with Crippen molar-refractivity contribution in [3.05, 3.63) is 18.2 Å². The molecule has 20 heavy (non-hydrogen) atoms. The van der Waals surface area contributed by atoms with Crippen molar-refractivity contribution < 1.29 is 9.90 Å². The van der Waals surface area contributed by atoms with Gasteiger partial charge in [-0.2, -0.15) is 0 Å². The van der Waals surface area contributed by atoms with E-state index in [9.17, 15) is 4.79 Å². The van der Waals surface area contributed by atoms with E-state index >= 15 is 0 Å². The average Bonchev–Trinajstić information content (AvgIpc) is 2.92. The summed E-state index contributed by atoms with van der Waals surface area (Å²) in [6.45, 7) is 2.32. The Labute approximate surface area is 119 Å². The molecule has 0 saturated carbocycles. The molecule has 0 atom stereocenters. The number of nitrogens with one attached hydrogen (secondary N) is 1. The first kappa shape index (κ1) is 15.0. The third kappa shape index (κ3) is 3.80. The van der Waals surface area contributed by atoms with Crippen LogP contribution in [-0.2, 0) is 17.8 Å². The minimum atomic E-state index is 0.0921. The van der Waals surface area contributed by atoms with Gasteiger partial charge in [0.05, 0.1) is 6.61 Å². The van der Waals surface area contributed by atoms with Crippen LogP contribution in [0.3, 0.4) is 0 Å². The molecule has 2 N–H and O–H groups in total. The summed E-state index contributed by atoms with van der Waals surface area (Å²) in [6, 6.07) is 0.544. The lowest BCUT2D eigenvalue weighted by Gasteiger charge is -2.31. The number of imidazole rings is 1. The van der Waals surface area contributed by atoms with Crippen molar-refractivity contribution >= 4 is 5.91 Å². The summed E-state index contributed by atoms with van der Waals surface area (Å²) in [5, 5.41) is 12.2. The summed E-state index contributed by atoms with van der Waals surface area (Å²) in [7, 11) is 1.98. The van der Waals surface area contributed by atoms with Gasteiger partial charge in [0, 0.05) is 50.9 Å². The van der Waals surface area contributed by atoms with E-state index in [2.05, 4.69) is 10.3 Å². The topological polar surface area (TPSA) is 70.4 Å². The van der Waals surface area contributed by atoms with Crippen LogP contribution < -0.4 is 5.32 Å². The number of carbonyl (C=O) groups is 1. The van der Waals surface area contributed by atoms with Gasteiger partial charge in [-0.05, 0) is 19.9 Å². The van der Waals surface area contributed by atoms with Crippen molar-refractivity contribution in [2.75, 3.05) is 26.7 Å². The van der Waals surface area contributed by atoms with Crippen LogP contribution in [0.1, 0.15) is 25.1 Å². The average molecular weight is 280 g/mol. The molecule has 1 aromatic rings. The van der Waals surface area contributed by atoms with E-state index in [0.29, 0.717) is 25.4 Å². The third-order valence-corrected chi connectivity index (χ3v) is 3.96. The predicted molar refractivity (Wildman–Crippen MR) is 76.3 cm³/mol. The van der Waals surface area contributed by atoms with Gasteiger partial charge in [-0.25, -0.2) is 4.98 Å². The molecule has 1 amide bonds. The van der Waals surface area contributed by atoms with Crippen LogP contribution in [0.5, 0.6) is 0 Å². The normalized spacial score (nSPS) is 16.6. The number of aromatic nitrogens is 2. The first-order chi connectivity index (χ1) is 9.74. The fraction of sp³-hybridized carbons (Fsp3) is 0.714. The molecule has 1 aliphatic rings. The third-order valence-electron chi connectivity index (χ3n) is 3.96. The van der Waals surface area contributed by atoms with Gasteiger partial charge in [-0.1, -0.05) is 0 Å². The van der Waals surface area contributed by atoms with Gasteiger partial charge in [0.1, 0.15) is 5.82 Å². The monoisotopic (exact) mass is 280 g/mol. The molecule has 6 nitrogen and oxygen atoms in total. The number of rotatable bonds is 6.